The fourth-order valence-corrected chi connectivity index (χ4v) is 2.94. The van der Waals surface area contributed by atoms with Crippen LogP contribution in [0.25, 0.3) is 0 Å². The number of carbonyl (C=O) groups is 1. The molecule has 0 aliphatic carbocycles. The maximum atomic E-state index is 12.9. The van der Waals surface area contributed by atoms with Crippen LogP contribution in [0.5, 0.6) is 5.75 Å². The van der Waals surface area contributed by atoms with Gasteiger partial charge in [0.2, 0.25) is 0 Å². The van der Waals surface area contributed by atoms with Crippen LogP contribution in [0.4, 0.5) is 17.1 Å². The second-order valence-corrected chi connectivity index (χ2v) is 6.83. The molecular formula is C20H23N5O4. The Labute approximate surface area is 168 Å². The molecule has 1 fully saturated rings. The topological polar surface area (TPSA) is 100 Å². The van der Waals surface area contributed by atoms with Crippen LogP contribution in [0.1, 0.15) is 10.4 Å². The quantitative estimate of drug-likeness (QED) is 0.615. The Morgan fingerprint density at radius 1 is 1.17 bits per heavy atom. The first-order valence-electron chi connectivity index (χ1n) is 9.08. The number of ether oxygens (including phenoxy) is 1. The number of hydrogen-bond acceptors (Lipinski definition) is 6. The summed E-state index contributed by atoms with van der Waals surface area (Å²) in [5, 5.41) is 14.0. The van der Waals surface area contributed by atoms with E-state index in [-0.39, 0.29) is 11.3 Å². The number of anilines is 1. The van der Waals surface area contributed by atoms with E-state index in [1.54, 1.807) is 31.4 Å². The van der Waals surface area contributed by atoms with Gasteiger partial charge in [-0.25, -0.2) is 4.99 Å². The lowest BCUT2D eigenvalue weighted by molar-refractivity contribution is -0.384. The predicted octanol–water partition coefficient (Wildman–Crippen LogP) is 2.76. The van der Waals surface area contributed by atoms with Gasteiger partial charge in [0.05, 0.1) is 29.8 Å². The average Bonchev–Trinajstić information content (AvgIpc) is 2.71. The number of amidine groups is 1. The lowest BCUT2D eigenvalue weighted by atomic mass is 10.1. The fraction of sp³-hybridized carbons (Fsp3) is 0.300. The predicted molar refractivity (Wildman–Crippen MR) is 111 cm³/mol. The summed E-state index contributed by atoms with van der Waals surface area (Å²) in [7, 11) is 5.49. The zero-order valence-electron chi connectivity index (χ0n) is 16.6. The zero-order chi connectivity index (χ0) is 21.0. The SMILES string of the molecule is COc1ccc(NC(=O)c2cc([N+](=O)[O-])ccc2/N=C2/CN(C)CCN2C)cc1. The first kappa shape index (κ1) is 20.3. The molecule has 3 rings (SSSR count). The Morgan fingerprint density at radius 3 is 2.55 bits per heavy atom. The molecule has 2 aromatic carbocycles. The second-order valence-electron chi connectivity index (χ2n) is 6.83. The van der Waals surface area contributed by atoms with Gasteiger partial charge < -0.3 is 15.0 Å². The molecule has 0 bridgehead atoms. The molecule has 9 heteroatoms. The molecular weight excluding hydrogens is 374 g/mol. The van der Waals surface area contributed by atoms with Crippen LogP contribution >= 0.6 is 0 Å². The molecule has 1 heterocycles. The second kappa shape index (κ2) is 8.70. The number of hydrogen-bond donors (Lipinski definition) is 1. The summed E-state index contributed by atoms with van der Waals surface area (Å²) in [6.07, 6.45) is 0. The summed E-state index contributed by atoms with van der Waals surface area (Å²) < 4.78 is 5.11. The Hall–Kier alpha value is -3.46. The standard InChI is InChI=1S/C20H23N5O4/c1-23-10-11-24(2)19(13-23)22-18-9-6-15(25(27)28)12-17(18)20(26)21-14-4-7-16(29-3)8-5-14/h4-9,12H,10-11,13H2,1-3H3,(H,21,26)/b22-19-. The fourth-order valence-electron chi connectivity index (χ4n) is 2.94. The number of aliphatic imine (C=N–C) groups is 1. The van der Waals surface area contributed by atoms with Gasteiger partial charge in [0.25, 0.3) is 11.6 Å². The molecule has 1 saturated heterocycles. The molecule has 1 N–H and O–H groups in total. The van der Waals surface area contributed by atoms with Crippen molar-refractivity contribution >= 4 is 28.8 Å². The molecule has 0 spiro atoms. The van der Waals surface area contributed by atoms with Crippen LogP contribution < -0.4 is 10.1 Å². The first-order chi connectivity index (χ1) is 13.9. The van der Waals surface area contributed by atoms with Crippen LogP contribution in [0.3, 0.4) is 0 Å². The third kappa shape index (κ3) is 4.88. The maximum Gasteiger partial charge on any atom is 0.270 e. The van der Waals surface area contributed by atoms with E-state index in [4.69, 9.17) is 4.74 Å². The number of piperazine rings is 1. The van der Waals surface area contributed by atoms with Crippen molar-refractivity contribution in [1.82, 2.24) is 9.80 Å². The van der Waals surface area contributed by atoms with Crippen molar-refractivity contribution in [1.29, 1.82) is 0 Å². The van der Waals surface area contributed by atoms with Gasteiger partial charge in [0.1, 0.15) is 11.6 Å². The number of amides is 1. The van der Waals surface area contributed by atoms with Gasteiger partial charge in [0, 0.05) is 38.0 Å². The van der Waals surface area contributed by atoms with E-state index in [0.717, 1.165) is 18.9 Å². The van der Waals surface area contributed by atoms with E-state index in [0.29, 0.717) is 23.7 Å². The Morgan fingerprint density at radius 2 is 1.90 bits per heavy atom. The van der Waals surface area contributed by atoms with Gasteiger partial charge in [-0.2, -0.15) is 0 Å². The Balaban J connectivity index is 1.94. The van der Waals surface area contributed by atoms with Crippen molar-refractivity contribution in [2.75, 3.05) is 46.2 Å². The molecule has 1 amide bonds. The summed E-state index contributed by atoms with van der Waals surface area (Å²) in [4.78, 5) is 32.4. The first-order valence-corrected chi connectivity index (χ1v) is 9.08. The van der Waals surface area contributed by atoms with Crippen molar-refractivity contribution in [3.05, 3.63) is 58.1 Å². The number of nitro groups is 1. The number of nitro benzene ring substituents is 1. The largest absolute Gasteiger partial charge is 0.497 e. The molecule has 29 heavy (non-hydrogen) atoms. The van der Waals surface area contributed by atoms with Crippen LogP contribution in [0.15, 0.2) is 47.5 Å². The van der Waals surface area contributed by atoms with E-state index in [1.165, 1.54) is 18.2 Å². The number of nitrogens with one attached hydrogen (secondary N) is 1. The smallest absolute Gasteiger partial charge is 0.270 e. The van der Waals surface area contributed by atoms with Crippen molar-refractivity contribution < 1.29 is 14.5 Å². The van der Waals surface area contributed by atoms with E-state index < -0.39 is 10.8 Å². The summed E-state index contributed by atoms with van der Waals surface area (Å²) in [6, 6.07) is 11.0. The van der Waals surface area contributed by atoms with Gasteiger partial charge in [-0.1, -0.05) is 0 Å². The molecule has 1 aliphatic heterocycles. The minimum absolute atomic E-state index is 0.143. The van der Waals surface area contributed by atoms with Crippen LogP contribution in [-0.2, 0) is 0 Å². The van der Waals surface area contributed by atoms with E-state index in [2.05, 4.69) is 15.2 Å². The Kier molecular flexibility index (Phi) is 6.08. The summed E-state index contributed by atoms with van der Waals surface area (Å²) in [6.45, 7) is 2.36. The highest BCUT2D eigenvalue weighted by Gasteiger charge is 2.20. The maximum absolute atomic E-state index is 12.9. The van der Waals surface area contributed by atoms with Gasteiger partial charge in [-0.15, -0.1) is 0 Å². The average molecular weight is 397 g/mol. The lowest BCUT2D eigenvalue weighted by Crippen LogP contribution is -2.46. The van der Waals surface area contributed by atoms with Crippen molar-refractivity contribution in [3.63, 3.8) is 0 Å². The number of methoxy groups -OCH3 is 1. The van der Waals surface area contributed by atoms with E-state index >= 15 is 0 Å². The number of likely N-dealkylation sites (N-methyl/N-ethyl adjacent to an activating group) is 2. The third-order valence-electron chi connectivity index (χ3n) is 4.70. The van der Waals surface area contributed by atoms with Crippen LogP contribution in [0.2, 0.25) is 0 Å². The van der Waals surface area contributed by atoms with Crippen molar-refractivity contribution in [2.24, 2.45) is 4.99 Å². The van der Waals surface area contributed by atoms with Crippen molar-refractivity contribution in [2.45, 2.75) is 0 Å². The van der Waals surface area contributed by atoms with E-state index in [9.17, 15) is 14.9 Å². The highest BCUT2D eigenvalue weighted by atomic mass is 16.6. The molecule has 0 saturated carbocycles. The lowest BCUT2D eigenvalue weighted by Gasteiger charge is -2.32. The van der Waals surface area contributed by atoms with Gasteiger partial charge in [-0.05, 0) is 37.4 Å². The molecule has 2 aromatic rings. The number of nitrogens with zero attached hydrogens (tertiary/aromatic N) is 4. The molecule has 0 aromatic heterocycles. The van der Waals surface area contributed by atoms with Crippen molar-refractivity contribution in [3.8, 4) is 5.75 Å². The number of carbonyl (C=O) groups excluding carboxylic acids is 1. The number of benzene rings is 2. The van der Waals surface area contributed by atoms with E-state index in [1.807, 2.05) is 19.0 Å². The highest BCUT2D eigenvalue weighted by Crippen LogP contribution is 2.27. The minimum Gasteiger partial charge on any atom is -0.497 e. The van der Waals surface area contributed by atoms with Gasteiger partial charge in [0.15, 0.2) is 0 Å². The summed E-state index contributed by atoms with van der Waals surface area (Å²) in [5.74, 6) is 0.992. The molecule has 9 nitrogen and oxygen atoms in total. The Bertz CT molecular complexity index is 942. The summed E-state index contributed by atoms with van der Waals surface area (Å²) >= 11 is 0. The van der Waals surface area contributed by atoms with Gasteiger partial charge >= 0.3 is 0 Å². The highest BCUT2D eigenvalue weighted by molar-refractivity contribution is 6.08. The molecule has 1 aliphatic rings. The molecule has 0 radical (unpaired) electrons. The number of rotatable bonds is 5. The molecule has 0 atom stereocenters. The van der Waals surface area contributed by atoms with Crippen LogP contribution in [0, 0.1) is 10.1 Å². The monoisotopic (exact) mass is 397 g/mol. The number of non-ortho nitro benzene ring substituents is 1. The molecule has 0 unspecified atom stereocenters. The van der Waals surface area contributed by atoms with Crippen LogP contribution in [-0.4, -0.2) is 67.3 Å². The molecule has 152 valence electrons. The normalized spacial score (nSPS) is 16.0. The minimum atomic E-state index is -0.526. The third-order valence-corrected chi connectivity index (χ3v) is 4.70. The zero-order valence-corrected chi connectivity index (χ0v) is 16.6. The van der Waals surface area contributed by atoms with Gasteiger partial charge in [-0.3, -0.25) is 19.8 Å². The summed E-state index contributed by atoms with van der Waals surface area (Å²) in [5.41, 5.74) is 0.918.